The van der Waals surface area contributed by atoms with Crippen molar-refractivity contribution >= 4 is 5.78 Å². The van der Waals surface area contributed by atoms with Gasteiger partial charge in [-0.3, -0.25) is 4.79 Å². The number of benzene rings is 1. The molecule has 0 saturated carbocycles. The molecule has 0 fully saturated rings. The minimum absolute atomic E-state index is 0.292. The smallest absolute Gasteiger partial charge is 0.141 e. The summed E-state index contributed by atoms with van der Waals surface area (Å²) >= 11 is 0. The average Bonchev–Trinajstić information content (AvgIpc) is 2.62. The van der Waals surface area contributed by atoms with Crippen LogP contribution in [0.4, 0.5) is 0 Å². The van der Waals surface area contributed by atoms with Crippen molar-refractivity contribution in [2.24, 2.45) is 0 Å². The highest BCUT2D eigenvalue weighted by Crippen LogP contribution is 2.30. The Morgan fingerprint density at radius 3 is 2.67 bits per heavy atom. The summed E-state index contributed by atoms with van der Waals surface area (Å²) in [5.41, 5.74) is 4.63. The van der Waals surface area contributed by atoms with Crippen LogP contribution >= 0.6 is 0 Å². The van der Waals surface area contributed by atoms with Gasteiger partial charge in [0.1, 0.15) is 5.78 Å². The van der Waals surface area contributed by atoms with Crippen molar-refractivity contribution < 1.29 is 4.79 Å². The lowest BCUT2D eigenvalue weighted by molar-refractivity contribution is -0.117. The van der Waals surface area contributed by atoms with E-state index in [1.165, 1.54) is 11.1 Å². The van der Waals surface area contributed by atoms with Gasteiger partial charge in [-0.15, -0.1) is 0 Å². The number of Topliss-reactive ketones (excluding diaryl/α,β-unsaturated/α-hetero) is 1. The van der Waals surface area contributed by atoms with Gasteiger partial charge in [-0.25, -0.2) is 0 Å². The van der Waals surface area contributed by atoms with Crippen LogP contribution in [-0.2, 0) is 17.6 Å². The number of carbonyl (C=O) groups is 1. The van der Waals surface area contributed by atoms with Crippen LogP contribution in [0.3, 0.4) is 0 Å². The third kappa shape index (κ3) is 1.30. The molecule has 0 atom stereocenters. The Bertz CT molecular complexity index is 525. The van der Waals surface area contributed by atoms with E-state index < -0.39 is 0 Å². The second-order valence-electron chi connectivity index (χ2n) is 3.94. The van der Waals surface area contributed by atoms with Gasteiger partial charge in [0.15, 0.2) is 0 Å². The number of nitrogens with one attached hydrogen (secondary N) is 1. The van der Waals surface area contributed by atoms with E-state index in [-0.39, 0.29) is 0 Å². The first-order chi connectivity index (χ1) is 7.34. The van der Waals surface area contributed by atoms with Crippen LogP contribution in [0.5, 0.6) is 0 Å². The highest BCUT2D eigenvalue weighted by molar-refractivity contribution is 5.90. The topological polar surface area (TPSA) is 32.9 Å². The largest absolute Gasteiger partial charge is 0.367 e. The first-order valence-corrected chi connectivity index (χ1v) is 5.10. The molecule has 0 spiro atoms. The van der Waals surface area contributed by atoms with Gasteiger partial charge < -0.3 is 4.98 Å². The monoisotopic (exact) mass is 197 g/mol. The molecule has 0 bridgehead atoms. The molecule has 1 heterocycles. The summed E-state index contributed by atoms with van der Waals surface area (Å²) in [5.74, 6) is 0.292. The van der Waals surface area contributed by atoms with E-state index in [2.05, 4.69) is 11.1 Å². The molecule has 1 aromatic heterocycles. The summed E-state index contributed by atoms with van der Waals surface area (Å²) in [4.78, 5) is 14.8. The van der Waals surface area contributed by atoms with E-state index in [1.807, 2.05) is 30.6 Å². The third-order valence-electron chi connectivity index (χ3n) is 2.91. The summed E-state index contributed by atoms with van der Waals surface area (Å²) in [6.07, 6.45) is 5.01. The van der Waals surface area contributed by atoms with Crippen LogP contribution in [0.1, 0.15) is 11.1 Å². The molecule has 2 nitrogen and oxygen atoms in total. The summed E-state index contributed by atoms with van der Waals surface area (Å²) in [7, 11) is 0. The molecule has 2 aromatic rings. The number of aromatic amines is 1. The number of H-pyrrole nitrogens is 1. The van der Waals surface area contributed by atoms with Gasteiger partial charge in [-0.05, 0) is 16.7 Å². The van der Waals surface area contributed by atoms with Crippen LogP contribution in [-0.4, -0.2) is 10.8 Å². The fourth-order valence-corrected chi connectivity index (χ4v) is 2.22. The van der Waals surface area contributed by atoms with Crippen molar-refractivity contribution in [1.82, 2.24) is 4.98 Å². The Morgan fingerprint density at radius 2 is 1.73 bits per heavy atom. The zero-order valence-electron chi connectivity index (χ0n) is 8.29. The van der Waals surface area contributed by atoms with Crippen molar-refractivity contribution in [1.29, 1.82) is 0 Å². The molecular formula is C13H11NO. The highest BCUT2D eigenvalue weighted by Gasteiger charge is 2.18. The maximum absolute atomic E-state index is 11.7. The van der Waals surface area contributed by atoms with Crippen molar-refractivity contribution in [3.8, 4) is 11.1 Å². The lowest BCUT2D eigenvalue weighted by Crippen LogP contribution is -2.03. The Morgan fingerprint density at radius 1 is 0.933 bits per heavy atom. The Kier molecular flexibility index (Phi) is 1.75. The van der Waals surface area contributed by atoms with Crippen molar-refractivity contribution in [2.75, 3.05) is 0 Å². The minimum atomic E-state index is 0.292. The first-order valence-electron chi connectivity index (χ1n) is 5.10. The van der Waals surface area contributed by atoms with Crippen LogP contribution in [0.2, 0.25) is 0 Å². The van der Waals surface area contributed by atoms with E-state index >= 15 is 0 Å². The quantitative estimate of drug-likeness (QED) is 0.691. The summed E-state index contributed by atoms with van der Waals surface area (Å²) in [6, 6.07) is 8.13. The zero-order chi connectivity index (χ0) is 10.3. The van der Waals surface area contributed by atoms with Gasteiger partial charge >= 0.3 is 0 Å². The van der Waals surface area contributed by atoms with Crippen molar-refractivity contribution in [3.05, 3.63) is 47.8 Å². The summed E-state index contributed by atoms with van der Waals surface area (Å²) in [6.45, 7) is 0. The van der Waals surface area contributed by atoms with Gasteiger partial charge in [0.05, 0.1) is 0 Å². The molecule has 2 heteroatoms. The Balaban J connectivity index is 2.29. The lowest BCUT2D eigenvalue weighted by Gasteiger charge is -2.03. The summed E-state index contributed by atoms with van der Waals surface area (Å²) < 4.78 is 0. The molecule has 15 heavy (non-hydrogen) atoms. The Labute approximate surface area is 87.9 Å². The number of ketones is 1. The molecule has 0 amide bonds. The van der Waals surface area contributed by atoms with Gasteiger partial charge in [-0.1, -0.05) is 24.3 Å². The SMILES string of the molecule is O=C1Cc2ccccc2-c2c[nH]cc2C1. The number of hydrogen-bond donors (Lipinski definition) is 1. The maximum Gasteiger partial charge on any atom is 0.141 e. The van der Waals surface area contributed by atoms with Gasteiger partial charge in [0.2, 0.25) is 0 Å². The molecule has 0 radical (unpaired) electrons. The molecule has 3 rings (SSSR count). The molecule has 1 aliphatic carbocycles. The maximum atomic E-state index is 11.7. The fraction of sp³-hybridized carbons (Fsp3) is 0.154. The van der Waals surface area contributed by atoms with E-state index in [4.69, 9.17) is 0 Å². The van der Waals surface area contributed by atoms with Crippen LogP contribution in [0.15, 0.2) is 36.7 Å². The van der Waals surface area contributed by atoms with Gasteiger partial charge in [0, 0.05) is 30.8 Å². The number of rotatable bonds is 0. The lowest BCUT2D eigenvalue weighted by atomic mass is 10.0. The van der Waals surface area contributed by atoms with Gasteiger partial charge in [-0.2, -0.15) is 0 Å². The average molecular weight is 197 g/mol. The fourth-order valence-electron chi connectivity index (χ4n) is 2.22. The number of carbonyl (C=O) groups excluding carboxylic acids is 1. The number of hydrogen-bond acceptors (Lipinski definition) is 1. The predicted octanol–water partition coefficient (Wildman–Crippen LogP) is 2.35. The standard InChI is InChI=1S/C13H11NO/c15-11-5-9-3-1-2-4-12(9)13-8-14-7-10(13)6-11/h1-4,7-8,14H,5-6H2. The van der Waals surface area contributed by atoms with Crippen LogP contribution in [0.25, 0.3) is 11.1 Å². The van der Waals surface area contributed by atoms with Crippen LogP contribution < -0.4 is 0 Å². The highest BCUT2D eigenvalue weighted by atomic mass is 16.1. The second-order valence-corrected chi connectivity index (χ2v) is 3.94. The molecule has 0 unspecified atom stereocenters. The molecule has 74 valence electrons. The molecule has 1 aromatic carbocycles. The van der Waals surface area contributed by atoms with E-state index in [1.54, 1.807) is 0 Å². The molecule has 0 saturated heterocycles. The molecule has 1 N–H and O–H groups in total. The zero-order valence-corrected chi connectivity index (χ0v) is 8.29. The minimum Gasteiger partial charge on any atom is -0.367 e. The Hall–Kier alpha value is -1.83. The molecule has 1 aliphatic rings. The van der Waals surface area contributed by atoms with E-state index in [0.29, 0.717) is 18.6 Å². The van der Waals surface area contributed by atoms with Crippen molar-refractivity contribution in [2.45, 2.75) is 12.8 Å². The predicted molar refractivity (Wildman–Crippen MR) is 58.6 cm³/mol. The normalized spacial score (nSPS) is 14.3. The number of fused-ring (bicyclic) bond motifs is 3. The second kappa shape index (κ2) is 3.09. The van der Waals surface area contributed by atoms with Crippen molar-refractivity contribution in [3.63, 3.8) is 0 Å². The number of aromatic nitrogens is 1. The molecule has 0 aliphatic heterocycles. The van der Waals surface area contributed by atoms with E-state index in [9.17, 15) is 4.79 Å². The third-order valence-corrected chi connectivity index (χ3v) is 2.91. The first kappa shape index (κ1) is 8.48. The molecular weight excluding hydrogens is 186 g/mol. The summed E-state index contributed by atoms with van der Waals surface area (Å²) in [5, 5.41) is 0. The van der Waals surface area contributed by atoms with Crippen LogP contribution in [0, 0.1) is 0 Å². The van der Waals surface area contributed by atoms with E-state index in [0.717, 1.165) is 11.1 Å². The van der Waals surface area contributed by atoms with Gasteiger partial charge in [0.25, 0.3) is 0 Å².